The van der Waals surface area contributed by atoms with Crippen molar-refractivity contribution in [3.63, 3.8) is 0 Å². The quantitative estimate of drug-likeness (QED) is 0.781. The predicted molar refractivity (Wildman–Crippen MR) is 83.5 cm³/mol. The summed E-state index contributed by atoms with van der Waals surface area (Å²) in [6, 6.07) is 1.58. The molecule has 1 heterocycles. The Labute approximate surface area is 120 Å². The first-order valence-corrected chi connectivity index (χ1v) is 8.68. The summed E-state index contributed by atoms with van der Waals surface area (Å²) >= 11 is 0. The maximum Gasteiger partial charge on any atom is 0.0107 e. The van der Waals surface area contributed by atoms with Crippen molar-refractivity contribution in [3.8, 4) is 0 Å². The van der Waals surface area contributed by atoms with E-state index in [0.29, 0.717) is 0 Å². The summed E-state index contributed by atoms with van der Waals surface area (Å²) < 4.78 is 0. The van der Waals surface area contributed by atoms with E-state index in [4.69, 9.17) is 0 Å². The minimum absolute atomic E-state index is 0.777. The molecule has 0 spiro atoms. The fourth-order valence-electron chi connectivity index (χ4n) is 4.16. The van der Waals surface area contributed by atoms with Crippen LogP contribution in [0.5, 0.6) is 0 Å². The van der Waals surface area contributed by atoms with Gasteiger partial charge in [-0.25, -0.2) is 0 Å². The van der Waals surface area contributed by atoms with Gasteiger partial charge in [-0.3, -0.25) is 0 Å². The molecule has 2 rings (SSSR count). The Morgan fingerprint density at radius 3 is 2.58 bits per heavy atom. The molecule has 0 aromatic carbocycles. The number of piperidine rings is 1. The van der Waals surface area contributed by atoms with Crippen LogP contribution < -0.4 is 5.32 Å². The molecule has 0 bridgehead atoms. The monoisotopic (exact) mass is 266 g/mol. The molecule has 1 N–H and O–H groups in total. The van der Waals surface area contributed by atoms with E-state index >= 15 is 0 Å². The van der Waals surface area contributed by atoms with E-state index < -0.39 is 0 Å². The molecule has 4 atom stereocenters. The maximum atomic E-state index is 3.76. The van der Waals surface area contributed by atoms with Crippen LogP contribution in [0.15, 0.2) is 0 Å². The van der Waals surface area contributed by atoms with Gasteiger partial charge >= 0.3 is 0 Å². The Morgan fingerprint density at radius 2 is 1.84 bits per heavy atom. The largest absolute Gasteiger partial charge is 0.314 e. The van der Waals surface area contributed by atoms with Crippen molar-refractivity contribution in [3.05, 3.63) is 0 Å². The van der Waals surface area contributed by atoms with E-state index in [0.717, 1.165) is 30.5 Å². The highest BCUT2D eigenvalue weighted by Gasteiger charge is 2.29. The molecule has 112 valence electrons. The van der Waals surface area contributed by atoms with E-state index in [1.165, 1.54) is 58.0 Å². The van der Waals surface area contributed by atoms with Gasteiger partial charge < -0.3 is 10.2 Å². The lowest BCUT2D eigenvalue weighted by Crippen LogP contribution is -2.47. The zero-order valence-corrected chi connectivity index (χ0v) is 13.3. The van der Waals surface area contributed by atoms with Gasteiger partial charge in [0.2, 0.25) is 0 Å². The Kier molecular flexibility index (Phi) is 6.15. The van der Waals surface area contributed by atoms with E-state index in [-0.39, 0.29) is 0 Å². The molecular formula is C17H34N2. The van der Waals surface area contributed by atoms with Crippen LogP contribution in [-0.4, -0.2) is 36.6 Å². The van der Waals surface area contributed by atoms with E-state index in [1.807, 2.05) is 0 Å². The molecule has 2 heteroatoms. The highest BCUT2D eigenvalue weighted by atomic mass is 15.2. The molecule has 2 aliphatic rings. The minimum Gasteiger partial charge on any atom is -0.314 e. The second kappa shape index (κ2) is 7.64. The first-order chi connectivity index (χ1) is 9.20. The Bertz CT molecular complexity index is 254. The number of nitrogens with one attached hydrogen (secondary N) is 1. The lowest BCUT2D eigenvalue weighted by Gasteiger charge is -2.40. The molecule has 4 unspecified atom stereocenters. The number of likely N-dealkylation sites (tertiary alicyclic amines) is 1. The molecule has 0 aromatic rings. The first kappa shape index (κ1) is 15.3. The van der Waals surface area contributed by atoms with Gasteiger partial charge in [0.25, 0.3) is 0 Å². The Hall–Kier alpha value is -0.0800. The summed E-state index contributed by atoms with van der Waals surface area (Å²) in [6.07, 6.45) is 9.98. The van der Waals surface area contributed by atoms with Crippen LogP contribution in [0.2, 0.25) is 0 Å². The average molecular weight is 266 g/mol. The van der Waals surface area contributed by atoms with Crippen molar-refractivity contribution in [1.29, 1.82) is 0 Å². The number of nitrogens with zero attached hydrogens (tertiary/aromatic N) is 1. The fraction of sp³-hybridized carbons (Fsp3) is 1.00. The smallest absolute Gasteiger partial charge is 0.0107 e. The standard InChI is InChI=1S/C17H34N2/c1-4-18-17-9-7-5-6-8-16(17)13-19-11-10-14(2)12-15(19)3/h14-18H,4-13H2,1-3H3. The summed E-state index contributed by atoms with van der Waals surface area (Å²) in [7, 11) is 0. The van der Waals surface area contributed by atoms with Gasteiger partial charge in [0.15, 0.2) is 0 Å². The van der Waals surface area contributed by atoms with Crippen LogP contribution >= 0.6 is 0 Å². The van der Waals surface area contributed by atoms with E-state index in [9.17, 15) is 0 Å². The van der Waals surface area contributed by atoms with Crippen molar-refractivity contribution >= 4 is 0 Å². The summed E-state index contributed by atoms with van der Waals surface area (Å²) in [6.45, 7) is 10.9. The SMILES string of the molecule is CCNC1CCCCCC1CN1CCC(C)CC1C. The average Bonchev–Trinajstić information content (AvgIpc) is 2.59. The Morgan fingerprint density at radius 1 is 1.05 bits per heavy atom. The third-order valence-corrected chi connectivity index (χ3v) is 5.37. The molecule has 2 nitrogen and oxygen atoms in total. The molecule has 1 saturated carbocycles. The second-order valence-electron chi connectivity index (χ2n) is 7.04. The van der Waals surface area contributed by atoms with Crippen molar-refractivity contribution in [1.82, 2.24) is 10.2 Å². The van der Waals surface area contributed by atoms with Crippen LogP contribution in [0.1, 0.15) is 65.7 Å². The van der Waals surface area contributed by atoms with Crippen molar-refractivity contribution < 1.29 is 0 Å². The van der Waals surface area contributed by atoms with Crippen LogP contribution in [0.3, 0.4) is 0 Å². The van der Waals surface area contributed by atoms with Crippen molar-refractivity contribution in [2.24, 2.45) is 11.8 Å². The van der Waals surface area contributed by atoms with Gasteiger partial charge in [-0.1, -0.05) is 33.1 Å². The molecule has 0 amide bonds. The van der Waals surface area contributed by atoms with Gasteiger partial charge in [-0.05, 0) is 57.5 Å². The van der Waals surface area contributed by atoms with Gasteiger partial charge in [-0.2, -0.15) is 0 Å². The molecule has 1 aliphatic carbocycles. The predicted octanol–water partition coefficient (Wildman–Crippen LogP) is 3.67. The molecule has 19 heavy (non-hydrogen) atoms. The maximum absolute atomic E-state index is 3.76. The van der Waals surface area contributed by atoms with Crippen LogP contribution in [0.4, 0.5) is 0 Å². The van der Waals surface area contributed by atoms with Gasteiger partial charge in [0, 0.05) is 18.6 Å². The van der Waals surface area contributed by atoms with Gasteiger partial charge in [0.1, 0.15) is 0 Å². The normalized spacial score (nSPS) is 38.1. The van der Waals surface area contributed by atoms with Crippen molar-refractivity contribution in [2.45, 2.75) is 77.8 Å². The molecule has 1 saturated heterocycles. The Balaban J connectivity index is 1.90. The molecular weight excluding hydrogens is 232 g/mol. The third-order valence-electron chi connectivity index (χ3n) is 5.37. The minimum atomic E-state index is 0.777. The molecule has 1 aliphatic heterocycles. The zero-order chi connectivity index (χ0) is 13.7. The summed E-state index contributed by atoms with van der Waals surface area (Å²) in [5.41, 5.74) is 0. The van der Waals surface area contributed by atoms with E-state index in [1.54, 1.807) is 0 Å². The summed E-state index contributed by atoms with van der Waals surface area (Å²) in [5.74, 6) is 1.82. The van der Waals surface area contributed by atoms with Crippen LogP contribution in [0, 0.1) is 11.8 Å². The first-order valence-electron chi connectivity index (χ1n) is 8.68. The fourth-order valence-corrected chi connectivity index (χ4v) is 4.16. The topological polar surface area (TPSA) is 15.3 Å². The zero-order valence-electron chi connectivity index (χ0n) is 13.3. The molecule has 0 radical (unpaired) electrons. The highest BCUT2D eigenvalue weighted by molar-refractivity contribution is 4.85. The third kappa shape index (κ3) is 4.46. The number of hydrogen-bond acceptors (Lipinski definition) is 2. The summed E-state index contributed by atoms with van der Waals surface area (Å²) in [4.78, 5) is 2.78. The highest BCUT2D eigenvalue weighted by Crippen LogP contribution is 2.28. The lowest BCUT2D eigenvalue weighted by atomic mass is 9.89. The number of rotatable bonds is 4. The summed E-state index contributed by atoms with van der Waals surface area (Å²) in [5, 5.41) is 3.76. The molecule has 2 fully saturated rings. The van der Waals surface area contributed by atoms with E-state index in [2.05, 4.69) is 31.0 Å². The van der Waals surface area contributed by atoms with Gasteiger partial charge in [0.05, 0.1) is 0 Å². The van der Waals surface area contributed by atoms with Gasteiger partial charge in [-0.15, -0.1) is 0 Å². The number of hydrogen-bond donors (Lipinski definition) is 1. The van der Waals surface area contributed by atoms with Crippen LogP contribution in [0.25, 0.3) is 0 Å². The molecule has 0 aromatic heterocycles. The lowest BCUT2D eigenvalue weighted by molar-refractivity contribution is 0.0974. The van der Waals surface area contributed by atoms with Crippen molar-refractivity contribution in [2.75, 3.05) is 19.6 Å². The van der Waals surface area contributed by atoms with Crippen LogP contribution in [-0.2, 0) is 0 Å². The second-order valence-corrected chi connectivity index (χ2v) is 7.04.